The van der Waals surface area contributed by atoms with Crippen LogP contribution in [0.5, 0.6) is 11.5 Å². The van der Waals surface area contributed by atoms with Gasteiger partial charge in [0.2, 0.25) is 0 Å². The molecule has 0 spiro atoms. The Hall–Kier alpha value is -2.37. The van der Waals surface area contributed by atoms with Gasteiger partial charge in [-0.05, 0) is 45.8 Å². The zero-order chi connectivity index (χ0) is 18.9. The van der Waals surface area contributed by atoms with Gasteiger partial charge in [-0.3, -0.25) is 4.79 Å². The number of hydrazone groups is 1. The number of carbonyl (C=O) groups is 1. The standard InChI is InChI=1S/C18H15Br2N3O3/c1-25-16-8-13(10-22-23-18(24)6-7-21)15(20)9-17(16)26-11-12-2-4-14(19)5-3-12/h2-5,8-10H,6,11H2,1H3,(H,23,24)/b22-10+. The fourth-order valence-corrected chi connectivity index (χ4v) is 2.64. The number of hydrogen-bond acceptors (Lipinski definition) is 5. The molecule has 0 radical (unpaired) electrons. The number of ether oxygens (including phenoxy) is 2. The number of nitrogens with zero attached hydrogens (tertiary/aromatic N) is 2. The maximum Gasteiger partial charge on any atom is 0.254 e. The molecule has 0 aliphatic carbocycles. The van der Waals surface area contributed by atoms with Crippen LogP contribution < -0.4 is 14.9 Å². The fourth-order valence-electron chi connectivity index (χ4n) is 1.95. The summed E-state index contributed by atoms with van der Waals surface area (Å²) >= 11 is 6.84. The molecule has 0 aliphatic heterocycles. The van der Waals surface area contributed by atoms with Gasteiger partial charge in [-0.1, -0.05) is 28.1 Å². The van der Waals surface area contributed by atoms with E-state index in [1.165, 1.54) is 6.21 Å². The molecule has 2 rings (SSSR count). The van der Waals surface area contributed by atoms with E-state index in [4.69, 9.17) is 14.7 Å². The number of nitriles is 1. The van der Waals surface area contributed by atoms with E-state index in [-0.39, 0.29) is 6.42 Å². The first-order valence-corrected chi connectivity index (χ1v) is 9.05. The Bertz CT molecular complexity index is 846. The lowest BCUT2D eigenvalue weighted by Crippen LogP contribution is -2.16. The van der Waals surface area contributed by atoms with Gasteiger partial charge in [-0.15, -0.1) is 0 Å². The van der Waals surface area contributed by atoms with Crippen molar-refractivity contribution in [3.63, 3.8) is 0 Å². The van der Waals surface area contributed by atoms with Gasteiger partial charge in [0.25, 0.3) is 5.91 Å². The molecule has 0 fully saturated rings. The smallest absolute Gasteiger partial charge is 0.254 e. The number of methoxy groups -OCH3 is 1. The lowest BCUT2D eigenvalue weighted by Gasteiger charge is -2.13. The topological polar surface area (TPSA) is 83.7 Å². The molecule has 0 bridgehead atoms. The van der Waals surface area contributed by atoms with Crippen LogP contribution >= 0.6 is 31.9 Å². The Morgan fingerprint density at radius 1 is 1.27 bits per heavy atom. The predicted molar refractivity (Wildman–Crippen MR) is 105 cm³/mol. The molecule has 0 saturated heterocycles. The quantitative estimate of drug-likeness (QED) is 0.476. The number of amides is 1. The van der Waals surface area contributed by atoms with Gasteiger partial charge < -0.3 is 9.47 Å². The summed E-state index contributed by atoms with van der Waals surface area (Å²) in [4.78, 5) is 11.2. The Balaban J connectivity index is 2.10. The van der Waals surface area contributed by atoms with Gasteiger partial charge in [0, 0.05) is 14.5 Å². The number of benzene rings is 2. The van der Waals surface area contributed by atoms with Crippen LogP contribution in [0.25, 0.3) is 0 Å². The molecule has 0 aromatic heterocycles. The van der Waals surface area contributed by atoms with Crippen molar-refractivity contribution in [1.82, 2.24) is 5.43 Å². The second-order valence-electron chi connectivity index (χ2n) is 5.07. The van der Waals surface area contributed by atoms with Crippen LogP contribution in [0, 0.1) is 11.3 Å². The summed E-state index contributed by atoms with van der Waals surface area (Å²) in [6, 6.07) is 13.1. The van der Waals surface area contributed by atoms with Crippen molar-refractivity contribution in [1.29, 1.82) is 5.26 Å². The van der Waals surface area contributed by atoms with Gasteiger partial charge in [-0.2, -0.15) is 10.4 Å². The molecular formula is C18H15Br2N3O3. The molecule has 0 atom stereocenters. The average Bonchev–Trinajstić information content (AvgIpc) is 2.63. The Labute approximate surface area is 168 Å². The zero-order valence-corrected chi connectivity index (χ0v) is 17.0. The van der Waals surface area contributed by atoms with Gasteiger partial charge in [0.05, 0.1) is 19.4 Å². The highest BCUT2D eigenvalue weighted by molar-refractivity contribution is 9.10. The van der Waals surface area contributed by atoms with Crippen molar-refractivity contribution in [2.75, 3.05) is 7.11 Å². The molecule has 0 heterocycles. The third-order valence-corrected chi connectivity index (χ3v) is 4.44. The van der Waals surface area contributed by atoms with Crippen molar-refractivity contribution in [3.8, 4) is 17.6 Å². The highest BCUT2D eigenvalue weighted by Gasteiger charge is 2.10. The summed E-state index contributed by atoms with van der Waals surface area (Å²) in [7, 11) is 1.55. The minimum Gasteiger partial charge on any atom is -0.493 e. The van der Waals surface area contributed by atoms with Crippen LogP contribution in [0.2, 0.25) is 0 Å². The first-order valence-electron chi connectivity index (χ1n) is 7.47. The number of halogens is 2. The lowest BCUT2D eigenvalue weighted by molar-refractivity contribution is -0.120. The van der Waals surface area contributed by atoms with Gasteiger partial charge in [-0.25, -0.2) is 5.43 Å². The highest BCUT2D eigenvalue weighted by Crippen LogP contribution is 2.33. The van der Waals surface area contributed by atoms with Gasteiger partial charge in [0.15, 0.2) is 11.5 Å². The maximum absolute atomic E-state index is 11.2. The van der Waals surface area contributed by atoms with E-state index in [2.05, 4.69) is 42.4 Å². The van der Waals surface area contributed by atoms with Gasteiger partial charge >= 0.3 is 0 Å². The first-order chi connectivity index (χ1) is 12.5. The maximum atomic E-state index is 11.2. The summed E-state index contributed by atoms with van der Waals surface area (Å²) in [5, 5.41) is 12.3. The van der Waals surface area contributed by atoms with E-state index < -0.39 is 5.91 Å². The third kappa shape index (κ3) is 5.86. The highest BCUT2D eigenvalue weighted by atomic mass is 79.9. The van der Waals surface area contributed by atoms with Crippen molar-refractivity contribution >= 4 is 44.0 Å². The molecule has 134 valence electrons. The normalized spacial score (nSPS) is 10.4. The molecule has 8 heteroatoms. The Kier molecular flexibility index (Phi) is 7.63. The third-order valence-electron chi connectivity index (χ3n) is 3.22. The van der Waals surface area contributed by atoms with Crippen LogP contribution in [0.1, 0.15) is 17.5 Å². The Morgan fingerprint density at radius 2 is 2.00 bits per heavy atom. The molecule has 6 nitrogen and oxygen atoms in total. The molecular weight excluding hydrogens is 466 g/mol. The number of nitrogens with one attached hydrogen (secondary N) is 1. The van der Waals surface area contributed by atoms with E-state index in [0.717, 1.165) is 14.5 Å². The minimum atomic E-state index is -0.471. The van der Waals surface area contributed by atoms with Crippen molar-refractivity contribution in [3.05, 3.63) is 56.5 Å². The van der Waals surface area contributed by atoms with Crippen molar-refractivity contribution < 1.29 is 14.3 Å². The molecule has 2 aromatic rings. The zero-order valence-electron chi connectivity index (χ0n) is 13.8. The molecule has 26 heavy (non-hydrogen) atoms. The predicted octanol–water partition coefficient (Wildman–Crippen LogP) is 4.16. The van der Waals surface area contributed by atoms with Crippen LogP contribution in [-0.2, 0) is 11.4 Å². The van der Waals surface area contributed by atoms with Crippen LogP contribution in [0.3, 0.4) is 0 Å². The largest absolute Gasteiger partial charge is 0.493 e. The van der Waals surface area contributed by atoms with Crippen molar-refractivity contribution in [2.24, 2.45) is 5.10 Å². The lowest BCUT2D eigenvalue weighted by atomic mass is 10.2. The first kappa shape index (κ1) is 19.9. The summed E-state index contributed by atoms with van der Waals surface area (Å²) in [6.45, 7) is 0.397. The van der Waals surface area contributed by atoms with Crippen molar-refractivity contribution in [2.45, 2.75) is 13.0 Å². The fraction of sp³-hybridized carbons (Fsp3) is 0.167. The van der Waals surface area contributed by atoms with E-state index in [1.807, 2.05) is 24.3 Å². The molecule has 0 unspecified atom stereocenters. The second-order valence-corrected chi connectivity index (χ2v) is 6.84. The van der Waals surface area contributed by atoms with Crippen LogP contribution in [0.15, 0.2) is 50.4 Å². The number of carbonyl (C=O) groups excluding carboxylic acids is 1. The SMILES string of the molecule is COc1cc(/C=N/NC(=O)CC#N)c(Br)cc1OCc1ccc(Br)cc1. The monoisotopic (exact) mass is 479 g/mol. The van der Waals surface area contributed by atoms with Gasteiger partial charge in [0.1, 0.15) is 13.0 Å². The van der Waals surface area contributed by atoms with E-state index >= 15 is 0 Å². The van der Waals surface area contributed by atoms with E-state index in [0.29, 0.717) is 23.7 Å². The number of rotatable bonds is 7. The summed E-state index contributed by atoms with van der Waals surface area (Å²) < 4.78 is 12.9. The molecule has 1 N–H and O–H groups in total. The van der Waals surface area contributed by atoms with Crippen LogP contribution in [-0.4, -0.2) is 19.2 Å². The molecule has 2 aromatic carbocycles. The number of hydrogen-bond donors (Lipinski definition) is 1. The Morgan fingerprint density at radius 3 is 2.65 bits per heavy atom. The summed E-state index contributed by atoms with van der Waals surface area (Å²) in [6.07, 6.45) is 1.21. The minimum absolute atomic E-state index is 0.245. The molecule has 0 saturated carbocycles. The molecule has 0 aliphatic rings. The summed E-state index contributed by atoms with van der Waals surface area (Å²) in [5.74, 6) is 0.643. The average molecular weight is 481 g/mol. The van der Waals surface area contributed by atoms with E-state index in [9.17, 15) is 4.79 Å². The second kappa shape index (κ2) is 9.94. The van der Waals surface area contributed by atoms with E-state index in [1.54, 1.807) is 25.3 Å². The summed E-state index contributed by atoms with van der Waals surface area (Å²) in [5.41, 5.74) is 3.99. The van der Waals surface area contributed by atoms with Crippen LogP contribution in [0.4, 0.5) is 0 Å². The molecule has 1 amide bonds.